The maximum absolute atomic E-state index is 12.3. The fourth-order valence-electron chi connectivity index (χ4n) is 3.05. The molecule has 4 heteroatoms. The Morgan fingerprint density at radius 3 is 2.46 bits per heavy atom. The van der Waals surface area contributed by atoms with Crippen molar-refractivity contribution in [1.29, 1.82) is 0 Å². The van der Waals surface area contributed by atoms with Gasteiger partial charge in [-0.2, -0.15) is 0 Å². The third-order valence-corrected chi connectivity index (χ3v) is 4.57. The van der Waals surface area contributed by atoms with Crippen LogP contribution in [0.2, 0.25) is 0 Å². The molecule has 0 bridgehead atoms. The molecule has 1 saturated heterocycles. The molecule has 2 aromatic rings. The molecule has 0 saturated carbocycles. The smallest absolute Gasteiger partial charge is 0.314 e. The van der Waals surface area contributed by atoms with Gasteiger partial charge in [0.25, 0.3) is 0 Å². The second-order valence-electron chi connectivity index (χ2n) is 6.58. The predicted octanol–water partition coefficient (Wildman–Crippen LogP) is 3.85. The van der Waals surface area contributed by atoms with Gasteiger partial charge in [0.1, 0.15) is 5.75 Å². The Hall–Kier alpha value is -2.88. The van der Waals surface area contributed by atoms with Crippen molar-refractivity contribution in [3.8, 4) is 5.75 Å². The van der Waals surface area contributed by atoms with Gasteiger partial charge in [-0.3, -0.25) is 9.59 Å². The number of esters is 1. The Morgan fingerprint density at radius 2 is 1.77 bits per heavy atom. The van der Waals surface area contributed by atoms with Crippen molar-refractivity contribution in [3.05, 3.63) is 71.8 Å². The summed E-state index contributed by atoms with van der Waals surface area (Å²) in [5, 5.41) is 0. The fraction of sp³-hybridized carbons (Fsp3) is 0.273. The van der Waals surface area contributed by atoms with E-state index in [0.717, 1.165) is 11.1 Å². The third kappa shape index (κ3) is 4.82. The van der Waals surface area contributed by atoms with Crippen LogP contribution in [0.3, 0.4) is 0 Å². The lowest BCUT2D eigenvalue weighted by Crippen LogP contribution is -2.40. The maximum Gasteiger partial charge on any atom is 0.314 e. The van der Waals surface area contributed by atoms with E-state index in [4.69, 9.17) is 4.74 Å². The molecular weight excluding hydrogens is 326 g/mol. The molecule has 1 heterocycles. The van der Waals surface area contributed by atoms with Gasteiger partial charge in [-0.1, -0.05) is 42.5 Å². The van der Waals surface area contributed by atoms with Crippen LogP contribution in [0.15, 0.2) is 60.7 Å². The SMILES string of the molecule is Cc1cccc(OC(=O)C2CCN(C(=O)C=Cc3ccccc3)CC2)c1. The fourth-order valence-corrected chi connectivity index (χ4v) is 3.05. The average molecular weight is 349 g/mol. The van der Waals surface area contributed by atoms with E-state index in [1.54, 1.807) is 17.0 Å². The monoisotopic (exact) mass is 349 g/mol. The van der Waals surface area contributed by atoms with Gasteiger partial charge in [0.2, 0.25) is 5.91 Å². The maximum atomic E-state index is 12.3. The van der Waals surface area contributed by atoms with Gasteiger partial charge in [0, 0.05) is 19.2 Å². The molecule has 0 radical (unpaired) electrons. The predicted molar refractivity (Wildman–Crippen MR) is 102 cm³/mol. The van der Waals surface area contributed by atoms with Crippen molar-refractivity contribution in [1.82, 2.24) is 4.90 Å². The van der Waals surface area contributed by atoms with Gasteiger partial charge in [0.05, 0.1) is 5.92 Å². The van der Waals surface area contributed by atoms with Crippen LogP contribution in [0.1, 0.15) is 24.0 Å². The first-order valence-electron chi connectivity index (χ1n) is 8.92. The molecule has 3 rings (SSSR count). The molecule has 2 aromatic carbocycles. The number of amides is 1. The number of rotatable bonds is 4. The topological polar surface area (TPSA) is 46.6 Å². The largest absolute Gasteiger partial charge is 0.426 e. The van der Waals surface area contributed by atoms with Crippen LogP contribution in [0.25, 0.3) is 6.08 Å². The molecule has 0 unspecified atom stereocenters. The molecule has 0 N–H and O–H groups in total. The lowest BCUT2D eigenvalue weighted by molar-refractivity contribution is -0.142. The molecule has 0 aromatic heterocycles. The van der Waals surface area contributed by atoms with Gasteiger partial charge in [-0.15, -0.1) is 0 Å². The van der Waals surface area contributed by atoms with E-state index in [9.17, 15) is 9.59 Å². The van der Waals surface area contributed by atoms with Gasteiger partial charge in [-0.05, 0) is 49.1 Å². The van der Waals surface area contributed by atoms with Crippen molar-refractivity contribution < 1.29 is 14.3 Å². The van der Waals surface area contributed by atoms with Gasteiger partial charge in [0.15, 0.2) is 0 Å². The van der Waals surface area contributed by atoms with E-state index < -0.39 is 0 Å². The van der Waals surface area contributed by atoms with Gasteiger partial charge in [-0.25, -0.2) is 0 Å². The number of benzene rings is 2. The highest BCUT2D eigenvalue weighted by atomic mass is 16.5. The Bertz CT molecular complexity index is 790. The minimum absolute atomic E-state index is 0.0145. The van der Waals surface area contributed by atoms with Crippen LogP contribution in [0.4, 0.5) is 0 Å². The summed E-state index contributed by atoms with van der Waals surface area (Å²) in [7, 11) is 0. The van der Waals surface area contributed by atoms with Crippen molar-refractivity contribution in [2.75, 3.05) is 13.1 Å². The highest BCUT2D eigenvalue weighted by Crippen LogP contribution is 2.21. The highest BCUT2D eigenvalue weighted by Gasteiger charge is 2.28. The van der Waals surface area contributed by atoms with Crippen LogP contribution in [0, 0.1) is 12.8 Å². The summed E-state index contributed by atoms with van der Waals surface area (Å²) in [5.41, 5.74) is 2.05. The Kier molecular flexibility index (Phi) is 5.84. The van der Waals surface area contributed by atoms with E-state index in [1.165, 1.54) is 0 Å². The van der Waals surface area contributed by atoms with Crippen molar-refractivity contribution in [3.63, 3.8) is 0 Å². The molecule has 0 atom stereocenters. The Balaban J connectivity index is 1.49. The molecule has 1 amide bonds. The summed E-state index contributed by atoms with van der Waals surface area (Å²) in [6.07, 6.45) is 4.69. The number of carbonyl (C=O) groups excluding carboxylic acids is 2. The van der Waals surface area contributed by atoms with Crippen LogP contribution < -0.4 is 4.74 Å². The van der Waals surface area contributed by atoms with E-state index in [2.05, 4.69) is 0 Å². The zero-order valence-corrected chi connectivity index (χ0v) is 14.9. The molecule has 1 aliphatic rings. The summed E-state index contributed by atoms with van der Waals surface area (Å²) >= 11 is 0. The zero-order chi connectivity index (χ0) is 18.4. The number of aryl methyl sites for hydroxylation is 1. The van der Waals surface area contributed by atoms with Crippen LogP contribution in [0.5, 0.6) is 5.75 Å². The van der Waals surface area contributed by atoms with Gasteiger partial charge >= 0.3 is 5.97 Å². The minimum Gasteiger partial charge on any atom is -0.426 e. The first-order valence-corrected chi connectivity index (χ1v) is 8.92. The second-order valence-corrected chi connectivity index (χ2v) is 6.58. The average Bonchev–Trinajstić information content (AvgIpc) is 2.67. The summed E-state index contributed by atoms with van der Waals surface area (Å²) < 4.78 is 5.48. The third-order valence-electron chi connectivity index (χ3n) is 4.57. The van der Waals surface area contributed by atoms with Crippen molar-refractivity contribution >= 4 is 18.0 Å². The highest BCUT2D eigenvalue weighted by molar-refractivity contribution is 5.92. The number of nitrogens with zero attached hydrogens (tertiary/aromatic N) is 1. The Labute approximate surface area is 154 Å². The lowest BCUT2D eigenvalue weighted by Gasteiger charge is -2.30. The van der Waals surface area contributed by atoms with Crippen LogP contribution >= 0.6 is 0 Å². The molecule has 0 aliphatic carbocycles. The van der Waals surface area contributed by atoms with E-state index in [-0.39, 0.29) is 17.8 Å². The number of hydrogen-bond donors (Lipinski definition) is 0. The van der Waals surface area contributed by atoms with Crippen LogP contribution in [-0.4, -0.2) is 29.9 Å². The second kappa shape index (κ2) is 8.48. The molecule has 0 spiro atoms. The summed E-state index contributed by atoms with van der Waals surface area (Å²) in [4.78, 5) is 26.4. The quantitative estimate of drug-likeness (QED) is 0.478. The van der Waals surface area contributed by atoms with Crippen LogP contribution in [-0.2, 0) is 9.59 Å². The zero-order valence-electron chi connectivity index (χ0n) is 14.9. The minimum atomic E-state index is -0.206. The standard InChI is InChI=1S/C22H23NO3/c1-17-6-5-9-20(16-17)26-22(25)19-12-14-23(15-13-19)21(24)11-10-18-7-3-2-4-8-18/h2-11,16,19H,12-15H2,1H3. The van der Waals surface area contributed by atoms with E-state index in [1.807, 2.05) is 61.5 Å². The van der Waals surface area contributed by atoms with E-state index >= 15 is 0 Å². The molecular formula is C22H23NO3. The Morgan fingerprint density at radius 1 is 1.04 bits per heavy atom. The van der Waals surface area contributed by atoms with Crippen molar-refractivity contribution in [2.45, 2.75) is 19.8 Å². The molecule has 1 aliphatic heterocycles. The van der Waals surface area contributed by atoms with Gasteiger partial charge < -0.3 is 9.64 Å². The first kappa shape index (κ1) is 17.9. The number of hydrogen-bond acceptors (Lipinski definition) is 3. The number of piperidine rings is 1. The van der Waals surface area contributed by atoms with E-state index in [0.29, 0.717) is 31.7 Å². The summed E-state index contributed by atoms with van der Waals surface area (Å²) in [5.74, 6) is 0.207. The van der Waals surface area contributed by atoms with Crippen molar-refractivity contribution in [2.24, 2.45) is 5.92 Å². The number of ether oxygens (including phenoxy) is 1. The molecule has 1 fully saturated rings. The molecule has 4 nitrogen and oxygen atoms in total. The molecule has 134 valence electrons. The summed E-state index contributed by atoms with van der Waals surface area (Å²) in [6.45, 7) is 3.11. The number of carbonyl (C=O) groups is 2. The lowest BCUT2D eigenvalue weighted by atomic mass is 9.97. The normalized spacial score (nSPS) is 15.2. The summed E-state index contributed by atoms with van der Waals surface area (Å²) in [6, 6.07) is 17.2. The number of likely N-dealkylation sites (tertiary alicyclic amines) is 1. The first-order chi connectivity index (χ1) is 12.6. The molecule has 26 heavy (non-hydrogen) atoms.